The summed E-state index contributed by atoms with van der Waals surface area (Å²) in [6.07, 6.45) is 0.110. The van der Waals surface area contributed by atoms with Gasteiger partial charge in [0.25, 0.3) is 5.91 Å². The van der Waals surface area contributed by atoms with E-state index in [9.17, 15) is 14.4 Å². The maximum absolute atomic E-state index is 12.4. The fourth-order valence-electron chi connectivity index (χ4n) is 3.51. The van der Waals surface area contributed by atoms with Crippen LogP contribution in [-0.2, 0) is 19.1 Å². The summed E-state index contributed by atoms with van der Waals surface area (Å²) in [4.78, 5) is 40.8. The molecule has 1 amide bonds. The van der Waals surface area contributed by atoms with Crippen LogP contribution < -0.4 is 10.2 Å². The van der Waals surface area contributed by atoms with Crippen molar-refractivity contribution in [3.05, 3.63) is 78.4 Å². The molecule has 0 spiro atoms. The van der Waals surface area contributed by atoms with Gasteiger partial charge in [0.1, 0.15) is 0 Å². The minimum atomic E-state index is -0.567. The second-order valence-corrected chi connectivity index (χ2v) is 8.27. The van der Waals surface area contributed by atoms with Gasteiger partial charge in [-0.3, -0.25) is 9.59 Å². The lowest BCUT2D eigenvalue weighted by atomic mass is 10.2. The van der Waals surface area contributed by atoms with Crippen LogP contribution in [0.5, 0.6) is 0 Å². The van der Waals surface area contributed by atoms with Gasteiger partial charge in [-0.25, -0.2) is 4.79 Å². The molecule has 33 heavy (non-hydrogen) atoms. The first kappa shape index (κ1) is 22.4. The zero-order valence-electron chi connectivity index (χ0n) is 17.9. The SMILES string of the molecule is COC(=O)c1ccccc1NC(=O)COC(=O)CCN1c2ccccc2Sc2ccccc21. The molecule has 0 aliphatic carbocycles. The topological polar surface area (TPSA) is 84.9 Å². The first-order chi connectivity index (χ1) is 16.1. The number of benzene rings is 3. The van der Waals surface area contributed by atoms with Gasteiger partial charge in [0.05, 0.1) is 36.2 Å². The average Bonchev–Trinajstić information content (AvgIpc) is 2.85. The summed E-state index contributed by atoms with van der Waals surface area (Å²) in [5.74, 6) is -1.59. The van der Waals surface area contributed by atoms with Crippen LogP contribution in [0.3, 0.4) is 0 Å². The second-order valence-electron chi connectivity index (χ2n) is 7.19. The molecular formula is C25H22N2O5S. The lowest BCUT2D eigenvalue weighted by molar-refractivity contribution is -0.147. The Morgan fingerprint density at radius 2 is 1.48 bits per heavy atom. The molecular weight excluding hydrogens is 440 g/mol. The normalized spacial score (nSPS) is 11.7. The lowest BCUT2D eigenvalue weighted by Crippen LogP contribution is -2.26. The van der Waals surface area contributed by atoms with Crippen molar-refractivity contribution >= 4 is 46.7 Å². The first-order valence-corrected chi connectivity index (χ1v) is 11.1. The summed E-state index contributed by atoms with van der Waals surface area (Å²) in [7, 11) is 1.26. The van der Waals surface area contributed by atoms with Crippen molar-refractivity contribution in [2.24, 2.45) is 0 Å². The Morgan fingerprint density at radius 1 is 0.879 bits per heavy atom. The van der Waals surface area contributed by atoms with Crippen LogP contribution in [0.25, 0.3) is 0 Å². The van der Waals surface area contributed by atoms with Gasteiger partial charge >= 0.3 is 11.9 Å². The van der Waals surface area contributed by atoms with E-state index >= 15 is 0 Å². The van der Waals surface area contributed by atoms with Crippen LogP contribution in [0.15, 0.2) is 82.6 Å². The van der Waals surface area contributed by atoms with Crippen LogP contribution >= 0.6 is 11.8 Å². The average molecular weight is 463 g/mol. The Hall–Kier alpha value is -3.78. The standard InChI is InChI=1S/C25H22N2O5S/c1-31-25(30)17-8-2-3-9-18(17)26-23(28)16-32-24(29)14-15-27-19-10-4-6-12-21(19)33-22-13-7-5-11-20(22)27/h2-13H,14-16H2,1H3,(H,26,28). The largest absolute Gasteiger partial charge is 0.465 e. The van der Waals surface area contributed by atoms with Crippen molar-refractivity contribution in [2.75, 3.05) is 30.5 Å². The molecule has 0 radical (unpaired) electrons. The number of hydrogen-bond acceptors (Lipinski definition) is 7. The lowest BCUT2D eigenvalue weighted by Gasteiger charge is -2.32. The molecule has 4 rings (SSSR count). The molecule has 0 fully saturated rings. The number of amides is 1. The molecule has 0 saturated carbocycles. The highest BCUT2D eigenvalue weighted by Gasteiger charge is 2.23. The van der Waals surface area contributed by atoms with E-state index in [0.29, 0.717) is 12.2 Å². The molecule has 8 heteroatoms. The predicted octanol–water partition coefficient (Wildman–Crippen LogP) is 4.65. The molecule has 1 heterocycles. The Balaban J connectivity index is 1.35. The Kier molecular flexibility index (Phi) is 6.95. The third-order valence-corrected chi connectivity index (χ3v) is 6.17. The van der Waals surface area contributed by atoms with Crippen molar-refractivity contribution in [3.8, 4) is 0 Å². The van der Waals surface area contributed by atoms with Crippen LogP contribution in [-0.4, -0.2) is 38.1 Å². The summed E-state index contributed by atoms with van der Waals surface area (Å²) >= 11 is 1.70. The van der Waals surface area contributed by atoms with Crippen molar-refractivity contribution in [3.63, 3.8) is 0 Å². The van der Waals surface area contributed by atoms with Gasteiger partial charge in [0.15, 0.2) is 6.61 Å². The fourth-order valence-corrected chi connectivity index (χ4v) is 4.61. The number of para-hydroxylation sites is 3. The Bertz CT molecular complexity index is 1150. The van der Waals surface area contributed by atoms with Gasteiger partial charge in [-0.1, -0.05) is 48.2 Å². The van der Waals surface area contributed by atoms with E-state index in [1.807, 2.05) is 36.4 Å². The van der Waals surface area contributed by atoms with Crippen LogP contribution in [0.2, 0.25) is 0 Å². The molecule has 0 aromatic heterocycles. The van der Waals surface area contributed by atoms with E-state index in [4.69, 9.17) is 9.47 Å². The molecule has 1 aliphatic rings. The molecule has 3 aromatic rings. The van der Waals surface area contributed by atoms with Gasteiger partial charge in [-0.05, 0) is 36.4 Å². The summed E-state index contributed by atoms with van der Waals surface area (Å²) < 4.78 is 9.89. The molecule has 0 saturated heterocycles. The van der Waals surface area contributed by atoms with Gasteiger partial charge in [0, 0.05) is 16.3 Å². The highest BCUT2D eigenvalue weighted by Crippen LogP contribution is 2.47. The number of methoxy groups -OCH3 is 1. The molecule has 7 nitrogen and oxygen atoms in total. The number of ether oxygens (including phenoxy) is 2. The summed E-state index contributed by atoms with van der Waals surface area (Å²) in [6, 6.07) is 22.5. The second kappa shape index (κ2) is 10.2. The van der Waals surface area contributed by atoms with E-state index in [-0.39, 0.29) is 12.0 Å². The summed E-state index contributed by atoms with van der Waals surface area (Å²) in [6.45, 7) is -0.0302. The number of nitrogens with zero attached hydrogens (tertiary/aromatic N) is 1. The van der Waals surface area contributed by atoms with Crippen molar-refractivity contribution < 1.29 is 23.9 Å². The Morgan fingerprint density at radius 3 is 2.15 bits per heavy atom. The van der Waals surface area contributed by atoms with Crippen LogP contribution in [0.4, 0.5) is 17.1 Å². The van der Waals surface area contributed by atoms with Crippen LogP contribution in [0.1, 0.15) is 16.8 Å². The molecule has 0 atom stereocenters. The van der Waals surface area contributed by atoms with Gasteiger partial charge in [-0.2, -0.15) is 0 Å². The summed E-state index contributed by atoms with van der Waals surface area (Å²) in [5.41, 5.74) is 2.58. The smallest absolute Gasteiger partial charge is 0.339 e. The number of carbonyl (C=O) groups is 3. The molecule has 1 aliphatic heterocycles. The maximum Gasteiger partial charge on any atom is 0.339 e. The quantitative estimate of drug-likeness (QED) is 0.512. The van der Waals surface area contributed by atoms with Crippen LogP contribution in [0, 0.1) is 0 Å². The molecule has 0 bridgehead atoms. The summed E-state index contributed by atoms with van der Waals surface area (Å²) in [5, 5.41) is 2.58. The number of anilines is 3. The van der Waals surface area contributed by atoms with Crippen molar-refractivity contribution in [1.29, 1.82) is 0 Å². The third-order valence-electron chi connectivity index (χ3n) is 5.04. The number of carbonyl (C=O) groups excluding carboxylic acids is 3. The number of hydrogen-bond donors (Lipinski definition) is 1. The third kappa shape index (κ3) is 5.18. The monoisotopic (exact) mass is 462 g/mol. The number of esters is 2. The van der Waals surface area contributed by atoms with E-state index in [1.54, 1.807) is 36.0 Å². The molecule has 3 aromatic carbocycles. The van der Waals surface area contributed by atoms with E-state index in [1.165, 1.54) is 7.11 Å². The first-order valence-electron chi connectivity index (χ1n) is 10.3. The zero-order chi connectivity index (χ0) is 23.2. The molecule has 0 unspecified atom stereocenters. The number of fused-ring (bicyclic) bond motifs is 2. The molecule has 1 N–H and O–H groups in total. The zero-order valence-corrected chi connectivity index (χ0v) is 18.8. The van der Waals surface area contributed by atoms with Gasteiger partial charge < -0.3 is 19.7 Å². The van der Waals surface area contributed by atoms with Gasteiger partial charge in [0.2, 0.25) is 0 Å². The van der Waals surface area contributed by atoms with E-state index in [2.05, 4.69) is 22.3 Å². The van der Waals surface area contributed by atoms with E-state index < -0.39 is 24.5 Å². The fraction of sp³-hybridized carbons (Fsp3) is 0.160. The van der Waals surface area contributed by atoms with Crippen molar-refractivity contribution in [1.82, 2.24) is 0 Å². The highest BCUT2D eigenvalue weighted by molar-refractivity contribution is 7.99. The minimum absolute atomic E-state index is 0.110. The maximum atomic E-state index is 12.4. The number of rotatable bonds is 7. The minimum Gasteiger partial charge on any atom is -0.465 e. The number of nitrogens with one attached hydrogen (secondary N) is 1. The van der Waals surface area contributed by atoms with Gasteiger partial charge in [-0.15, -0.1) is 0 Å². The molecule has 168 valence electrons. The highest BCUT2D eigenvalue weighted by atomic mass is 32.2. The Labute approximate surface area is 195 Å². The predicted molar refractivity (Wildman–Crippen MR) is 126 cm³/mol. The van der Waals surface area contributed by atoms with Crippen molar-refractivity contribution in [2.45, 2.75) is 16.2 Å². The van der Waals surface area contributed by atoms with E-state index in [0.717, 1.165) is 21.2 Å².